The molecule has 0 aliphatic carbocycles. The molecule has 3 aromatic heterocycles. The molecule has 0 bridgehead atoms. The molecule has 0 radical (unpaired) electrons. The van der Waals surface area contributed by atoms with Gasteiger partial charge in [0, 0.05) is 36.9 Å². The average Bonchev–Trinajstić information content (AvgIpc) is 3.44. The van der Waals surface area contributed by atoms with E-state index in [-0.39, 0.29) is 12.0 Å². The standard InChI is InChI=1S/C19H21N5O2S2/c1-13-20-15(10-28-13)8-24-18(26)17(25)23-12-19(6-16(23)21-24)3-4-22(11-19)7-14-2-5-27-9-14/h2,5,9-10H,3-4,6-8,11-12H2,1H3/t19-/m1/s1. The van der Waals surface area contributed by atoms with Crippen LogP contribution in [0.4, 0.5) is 0 Å². The molecule has 9 heteroatoms. The van der Waals surface area contributed by atoms with Crippen LogP contribution < -0.4 is 11.1 Å². The number of thiophene rings is 1. The van der Waals surface area contributed by atoms with Crippen molar-refractivity contribution in [3.05, 3.63) is 65.0 Å². The van der Waals surface area contributed by atoms with Gasteiger partial charge in [-0.15, -0.1) is 11.3 Å². The minimum absolute atomic E-state index is 0.0119. The zero-order valence-electron chi connectivity index (χ0n) is 15.6. The van der Waals surface area contributed by atoms with Crippen LogP contribution in [0.25, 0.3) is 0 Å². The van der Waals surface area contributed by atoms with Crippen LogP contribution in [0.2, 0.25) is 0 Å². The molecular weight excluding hydrogens is 394 g/mol. The van der Waals surface area contributed by atoms with Gasteiger partial charge in [0.15, 0.2) is 0 Å². The topological polar surface area (TPSA) is 73.0 Å². The van der Waals surface area contributed by atoms with Crippen molar-refractivity contribution in [1.29, 1.82) is 0 Å². The highest BCUT2D eigenvalue weighted by Gasteiger charge is 2.44. The first-order chi connectivity index (χ1) is 13.5. The Balaban J connectivity index is 1.38. The maximum Gasteiger partial charge on any atom is 0.332 e. The van der Waals surface area contributed by atoms with Gasteiger partial charge >= 0.3 is 11.1 Å². The van der Waals surface area contributed by atoms with E-state index in [0.29, 0.717) is 6.54 Å². The number of likely N-dealkylation sites (tertiary alicyclic amines) is 1. The molecule has 146 valence electrons. The van der Waals surface area contributed by atoms with Crippen molar-refractivity contribution in [2.24, 2.45) is 5.41 Å². The number of hydrogen-bond acceptors (Lipinski definition) is 7. The number of thiazole rings is 1. The lowest BCUT2D eigenvalue weighted by Crippen LogP contribution is -2.43. The fourth-order valence-electron chi connectivity index (χ4n) is 4.42. The van der Waals surface area contributed by atoms with Crippen LogP contribution in [0.5, 0.6) is 0 Å². The van der Waals surface area contributed by atoms with Gasteiger partial charge in [-0.05, 0) is 42.3 Å². The van der Waals surface area contributed by atoms with Crippen molar-refractivity contribution in [2.75, 3.05) is 13.1 Å². The van der Waals surface area contributed by atoms with Gasteiger partial charge < -0.3 is 0 Å². The molecule has 2 aliphatic heterocycles. The van der Waals surface area contributed by atoms with Crippen LogP contribution in [0.1, 0.15) is 28.5 Å². The van der Waals surface area contributed by atoms with Gasteiger partial charge in [0.25, 0.3) is 0 Å². The summed E-state index contributed by atoms with van der Waals surface area (Å²) in [7, 11) is 0. The average molecular weight is 416 g/mol. The zero-order valence-corrected chi connectivity index (χ0v) is 17.3. The number of nitrogens with zero attached hydrogens (tertiary/aromatic N) is 5. The SMILES string of the molecule is Cc1nc(Cn2nc3n(c(=O)c2=O)C[C@]2(CCN(Cc4ccsc4)C2)C3)cs1. The van der Waals surface area contributed by atoms with Crippen molar-refractivity contribution in [2.45, 2.75) is 39.4 Å². The third-order valence-corrected chi connectivity index (χ3v) is 7.27. The van der Waals surface area contributed by atoms with Crippen molar-refractivity contribution in [3.63, 3.8) is 0 Å². The molecule has 5 heterocycles. The Morgan fingerprint density at radius 1 is 1.18 bits per heavy atom. The lowest BCUT2D eigenvalue weighted by molar-refractivity contribution is 0.246. The predicted molar refractivity (Wildman–Crippen MR) is 109 cm³/mol. The van der Waals surface area contributed by atoms with E-state index in [2.05, 4.69) is 31.8 Å². The molecule has 5 rings (SSSR count). The normalized spacial score (nSPS) is 21.6. The van der Waals surface area contributed by atoms with Crippen LogP contribution in [-0.4, -0.2) is 37.3 Å². The van der Waals surface area contributed by atoms with E-state index < -0.39 is 11.1 Å². The van der Waals surface area contributed by atoms with Crippen molar-refractivity contribution >= 4 is 22.7 Å². The molecule has 1 atom stereocenters. The molecule has 0 saturated carbocycles. The first kappa shape index (κ1) is 18.0. The van der Waals surface area contributed by atoms with E-state index in [1.54, 1.807) is 15.9 Å². The van der Waals surface area contributed by atoms with Crippen molar-refractivity contribution < 1.29 is 0 Å². The van der Waals surface area contributed by atoms with E-state index in [9.17, 15) is 9.59 Å². The summed E-state index contributed by atoms with van der Waals surface area (Å²) in [6.45, 7) is 5.67. The van der Waals surface area contributed by atoms with E-state index >= 15 is 0 Å². The van der Waals surface area contributed by atoms with Gasteiger partial charge in [-0.3, -0.25) is 19.1 Å². The molecule has 7 nitrogen and oxygen atoms in total. The summed E-state index contributed by atoms with van der Waals surface area (Å²) in [6, 6.07) is 2.16. The van der Waals surface area contributed by atoms with Gasteiger partial charge in [-0.2, -0.15) is 16.4 Å². The highest BCUT2D eigenvalue weighted by molar-refractivity contribution is 7.09. The smallest absolute Gasteiger partial charge is 0.298 e. The lowest BCUT2D eigenvalue weighted by atomic mass is 9.86. The summed E-state index contributed by atoms with van der Waals surface area (Å²) in [6.07, 6.45) is 1.78. The largest absolute Gasteiger partial charge is 0.332 e. The van der Waals surface area contributed by atoms with E-state index in [0.717, 1.165) is 49.0 Å². The quantitative estimate of drug-likeness (QED) is 0.607. The second kappa shape index (κ2) is 6.75. The predicted octanol–water partition coefficient (Wildman–Crippen LogP) is 1.73. The third-order valence-electron chi connectivity index (χ3n) is 5.72. The van der Waals surface area contributed by atoms with Gasteiger partial charge in [-0.1, -0.05) is 0 Å². The summed E-state index contributed by atoms with van der Waals surface area (Å²) in [4.78, 5) is 32.1. The highest BCUT2D eigenvalue weighted by Crippen LogP contribution is 2.39. The highest BCUT2D eigenvalue weighted by atomic mass is 32.1. The molecule has 0 N–H and O–H groups in total. The molecule has 1 spiro atoms. The summed E-state index contributed by atoms with van der Waals surface area (Å²) < 4.78 is 2.90. The molecule has 1 fully saturated rings. The van der Waals surface area contributed by atoms with Crippen LogP contribution in [0, 0.1) is 12.3 Å². The summed E-state index contributed by atoms with van der Waals surface area (Å²) >= 11 is 3.25. The first-order valence-corrected chi connectivity index (χ1v) is 11.2. The number of aromatic nitrogens is 4. The number of hydrogen-bond donors (Lipinski definition) is 0. The maximum absolute atomic E-state index is 12.7. The molecule has 0 unspecified atom stereocenters. The van der Waals surface area contributed by atoms with Gasteiger partial charge in [-0.25, -0.2) is 9.67 Å². The van der Waals surface area contributed by atoms with Crippen molar-refractivity contribution in [3.8, 4) is 0 Å². The monoisotopic (exact) mass is 415 g/mol. The second-order valence-electron chi connectivity index (χ2n) is 7.90. The third kappa shape index (κ3) is 3.17. The molecular formula is C19H21N5O2S2. The van der Waals surface area contributed by atoms with Crippen LogP contribution in [-0.2, 0) is 26.1 Å². The Kier molecular flexibility index (Phi) is 4.33. The molecule has 1 saturated heterocycles. The molecule has 28 heavy (non-hydrogen) atoms. The summed E-state index contributed by atoms with van der Waals surface area (Å²) in [5, 5.41) is 11.7. The minimum atomic E-state index is -0.556. The zero-order chi connectivity index (χ0) is 19.3. The van der Waals surface area contributed by atoms with E-state index in [4.69, 9.17) is 0 Å². The number of fused-ring (bicyclic) bond motifs is 1. The fraction of sp³-hybridized carbons (Fsp3) is 0.474. The minimum Gasteiger partial charge on any atom is -0.298 e. The Bertz CT molecular complexity index is 1130. The van der Waals surface area contributed by atoms with Gasteiger partial charge in [0.1, 0.15) is 5.82 Å². The van der Waals surface area contributed by atoms with Gasteiger partial charge in [0.05, 0.1) is 17.2 Å². The fourth-order valence-corrected chi connectivity index (χ4v) is 5.68. The number of rotatable bonds is 4. The Hall–Kier alpha value is -2.10. The summed E-state index contributed by atoms with van der Waals surface area (Å²) in [5.74, 6) is 0.730. The maximum atomic E-state index is 12.7. The molecule has 0 aromatic carbocycles. The van der Waals surface area contributed by atoms with Crippen LogP contribution >= 0.6 is 22.7 Å². The van der Waals surface area contributed by atoms with Gasteiger partial charge in [0.2, 0.25) is 0 Å². The Labute approximate surface area is 169 Å². The summed E-state index contributed by atoms with van der Waals surface area (Å²) in [5.41, 5.74) is 1.12. The molecule has 2 aliphatic rings. The molecule has 0 amide bonds. The second-order valence-corrected chi connectivity index (χ2v) is 9.74. The van der Waals surface area contributed by atoms with E-state index in [1.165, 1.54) is 21.6 Å². The van der Waals surface area contributed by atoms with E-state index in [1.807, 2.05) is 12.3 Å². The van der Waals surface area contributed by atoms with Crippen molar-refractivity contribution in [1.82, 2.24) is 24.2 Å². The Morgan fingerprint density at radius 3 is 2.82 bits per heavy atom. The van der Waals surface area contributed by atoms with Crippen LogP contribution in [0.15, 0.2) is 31.8 Å². The lowest BCUT2D eigenvalue weighted by Gasteiger charge is -2.22. The number of aryl methyl sites for hydroxylation is 1. The Morgan fingerprint density at radius 2 is 2.07 bits per heavy atom. The molecule has 3 aromatic rings. The first-order valence-electron chi connectivity index (χ1n) is 9.37. The van der Waals surface area contributed by atoms with Crippen LogP contribution in [0.3, 0.4) is 0 Å².